The smallest absolute Gasteiger partial charge is 0.254 e. The molecule has 172 valence electrons. The molecule has 5 nitrogen and oxygen atoms in total. The number of piperidine rings is 1. The molecule has 0 unspecified atom stereocenters. The highest BCUT2D eigenvalue weighted by molar-refractivity contribution is 8.00. The van der Waals surface area contributed by atoms with Gasteiger partial charge in [0.15, 0.2) is 0 Å². The number of nitrogens with zero attached hydrogens (tertiary/aromatic N) is 2. The van der Waals surface area contributed by atoms with Crippen molar-refractivity contribution in [3.05, 3.63) is 64.7 Å². The van der Waals surface area contributed by atoms with E-state index in [1.807, 2.05) is 17.0 Å². The quantitative estimate of drug-likeness (QED) is 0.604. The lowest BCUT2D eigenvalue weighted by molar-refractivity contribution is 0.0605. The van der Waals surface area contributed by atoms with Crippen LogP contribution in [0.2, 0.25) is 5.02 Å². The molecule has 2 aliphatic heterocycles. The van der Waals surface area contributed by atoms with Crippen LogP contribution >= 0.6 is 23.4 Å². The third-order valence-corrected chi connectivity index (χ3v) is 10.1. The van der Waals surface area contributed by atoms with Crippen LogP contribution in [0.3, 0.4) is 0 Å². The highest BCUT2D eigenvalue weighted by Crippen LogP contribution is 2.45. The summed E-state index contributed by atoms with van der Waals surface area (Å²) in [5.41, 5.74) is 1.69. The monoisotopic (exact) mass is 492 g/mol. The topological polar surface area (TPSA) is 57.7 Å². The van der Waals surface area contributed by atoms with Gasteiger partial charge in [0, 0.05) is 36.0 Å². The summed E-state index contributed by atoms with van der Waals surface area (Å²) in [4.78, 5) is 15.1. The normalized spacial score (nSPS) is 19.4. The molecule has 2 fully saturated rings. The van der Waals surface area contributed by atoms with Crippen LogP contribution in [0.25, 0.3) is 0 Å². The number of carbonyl (C=O) groups is 1. The molecule has 0 aromatic heterocycles. The molecule has 0 atom stereocenters. The van der Waals surface area contributed by atoms with Crippen LogP contribution in [-0.4, -0.2) is 53.8 Å². The van der Waals surface area contributed by atoms with Crippen molar-refractivity contribution in [1.29, 1.82) is 0 Å². The highest BCUT2D eigenvalue weighted by Gasteiger charge is 2.48. The van der Waals surface area contributed by atoms with E-state index < -0.39 is 10.0 Å². The number of halogens is 1. The van der Waals surface area contributed by atoms with Gasteiger partial charge in [-0.2, -0.15) is 4.31 Å². The molecule has 2 aromatic rings. The predicted octanol–water partition coefficient (Wildman–Crippen LogP) is 5.01. The maximum atomic E-state index is 13.2. The average Bonchev–Trinajstić information content (AvgIpc) is 3.16. The van der Waals surface area contributed by atoms with Crippen LogP contribution in [0.1, 0.15) is 49.5 Å². The SMILES string of the molecule is CC(C)(C)c1ccc(S(=O)(=O)N2CCC3(CC2)SCCN3C(=O)c2ccc(Cl)cc2)cc1. The van der Waals surface area contributed by atoms with E-state index in [0.29, 0.717) is 48.0 Å². The highest BCUT2D eigenvalue weighted by atomic mass is 35.5. The fourth-order valence-electron chi connectivity index (χ4n) is 4.41. The largest absolute Gasteiger partial charge is 0.323 e. The molecule has 4 rings (SSSR count). The van der Waals surface area contributed by atoms with E-state index in [1.54, 1.807) is 52.5 Å². The number of benzene rings is 2. The minimum absolute atomic E-state index is 0.0132. The number of hydrogen-bond donors (Lipinski definition) is 0. The van der Waals surface area contributed by atoms with E-state index in [2.05, 4.69) is 20.8 Å². The molecular weight excluding hydrogens is 464 g/mol. The van der Waals surface area contributed by atoms with Gasteiger partial charge in [0.1, 0.15) is 0 Å². The standard InChI is InChI=1S/C24H29ClN2O3S2/c1-23(2,3)19-6-10-21(11-7-19)32(29,30)26-14-12-24(13-15-26)27(16-17-31-24)22(28)18-4-8-20(25)9-5-18/h4-11H,12-17H2,1-3H3. The van der Waals surface area contributed by atoms with Crippen molar-refractivity contribution in [3.63, 3.8) is 0 Å². The molecule has 2 saturated heterocycles. The minimum Gasteiger partial charge on any atom is -0.323 e. The van der Waals surface area contributed by atoms with Gasteiger partial charge in [-0.05, 0) is 60.2 Å². The van der Waals surface area contributed by atoms with Gasteiger partial charge in [-0.3, -0.25) is 4.79 Å². The molecule has 1 amide bonds. The van der Waals surface area contributed by atoms with Gasteiger partial charge in [-0.25, -0.2) is 8.42 Å². The number of hydrogen-bond acceptors (Lipinski definition) is 4. The number of amides is 1. The van der Waals surface area contributed by atoms with E-state index in [9.17, 15) is 13.2 Å². The predicted molar refractivity (Wildman–Crippen MR) is 131 cm³/mol. The van der Waals surface area contributed by atoms with Crippen molar-refractivity contribution in [3.8, 4) is 0 Å². The summed E-state index contributed by atoms with van der Waals surface area (Å²) in [6, 6.07) is 14.2. The second kappa shape index (κ2) is 8.67. The van der Waals surface area contributed by atoms with Crippen molar-refractivity contribution < 1.29 is 13.2 Å². The molecule has 32 heavy (non-hydrogen) atoms. The van der Waals surface area contributed by atoms with Crippen molar-refractivity contribution in [2.45, 2.75) is 48.8 Å². The van der Waals surface area contributed by atoms with Gasteiger partial charge in [-0.15, -0.1) is 11.8 Å². The Hall–Kier alpha value is -1.54. The molecule has 0 aliphatic carbocycles. The molecule has 2 heterocycles. The summed E-state index contributed by atoms with van der Waals surface area (Å²) in [5, 5.41) is 0.598. The van der Waals surface area contributed by atoms with Crippen molar-refractivity contribution in [2.75, 3.05) is 25.4 Å². The first-order valence-electron chi connectivity index (χ1n) is 10.9. The zero-order valence-electron chi connectivity index (χ0n) is 18.7. The van der Waals surface area contributed by atoms with Crippen LogP contribution in [0, 0.1) is 0 Å². The molecular formula is C24H29ClN2O3S2. The Morgan fingerprint density at radius 2 is 1.56 bits per heavy atom. The lowest BCUT2D eigenvalue weighted by Gasteiger charge is -2.43. The summed E-state index contributed by atoms with van der Waals surface area (Å²) >= 11 is 7.74. The molecule has 8 heteroatoms. The number of sulfonamides is 1. The molecule has 2 aliphatic rings. The number of carbonyl (C=O) groups excluding carboxylic acids is 1. The maximum absolute atomic E-state index is 13.2. The Morgan fingerprint density at radius 1 is 0.969 bits per heavy atom. The van der Waals surface area contributed by atoms with E-state index in [1.165, 1.54) is 0 Å². The fraction of sp³-hybridized carbons (Fsp3) is 0.458. The Morgan fingerprint density at radius 3 is 2.12 bits per heavy atom. The fourth-order valence-corrected chi connectivity index (χ4v) is 7.43. The summed E-state index contributed by atoms with van der Waals surface area (Å²) in [6.45, 7) is 7.81. The van der Waals surface area contributed by atoms with Gasteiger partial charge in [-0.1, -0.05) is 44.5 Å². The third-order valence-electron chi connectivity index (χ3n) is 6.38. The molecule has 0 radical (unpaired) electrons. The van der Waals surface area contributed by atoms with Gasteiger partial charge >= 0.3 is 0 Å². The second-order valence-corrected chi connectivity index (χ2v) is 13.3. The van der Waals surface area contributed by atoms with E-state index in [4.69, 9.17) is 11.6 Å². The summed E-state index contributed by atoms with van der Waals surface area (Å²) in [7, 11) is -3.56. The Kier molecular flexibility index (Phi) is 6.40. The minimum atomic E-state index is -3.56. The zero-order chi connectivity index (χ0) is 23.1. The molecule has 0 N–H and O–H groups in total. The first kappa shape index (κ1) is 23.6. The van der Waals surface area contributed by atoms with Crippen LogP contribution in [-0.2, 0) is 15.4 Å². The Labute approximate surface area is 200 Å². The summed E-state index contributed by atoms with van der Waals surface area (Å²) in [5.74, 6) is 0.848. The first-order chi connectivity index (χ1) is 15.0. The Bertz CT molecular complexity index is 1090. The second-order valence-electron chi connectivity index (χ2n) is 9.44. The van der Waals surface area contributed by atoms with E-state index in [-0.39, 0.29) is 16.2 Å². The van der Waals surface area contributed by atoms with Crippen molar-refractivity contribution >= 4 is 39.3 Å². The molecule has 1 spiro atoms. The number of rotatable bonds is 3. The van der Waals surface area contributed by atoms with Crippen LogP contribution < -0.4 is 0 Å². The van der Waals surface area contributed by atoms with Crippen LogP contribution in [0.4, 0.5) is 0 Å². The Balaban J connectivity index is 1.49. The maximum Gasteiger partial charge on any atom is 0.254 e. The molecule has 2 aromatic carbocycles. The van der Waals surface area contributed by atoms with Crippen LogP contribution in [0.5, 0.6) is 0 Å². The van der Waals surface area contributed by atoms with Gasteiger partial charge in [0.2, 0.25) is 10.0 Å². The lowest BCUT2D eigenvalue weighted by atomic mass is 9.87. The van der Waals surface area contributed by atoms with Crippen molar-refractivity contribution in [2.24, 2.45) is 0 Å². The number of thioether (sulfide) groups is 1. The van der Waals surface area contributed by atoms with E-state index >= 15 is 0 Å². The van der Waals surface area contributed by atoms with Gasteiger partial charge < -0.3 is 4.90 Å². The van der Waals surface area contributed by atoms with Gasteiger partial charge in [0.25, 0.3) is 5.91 Å². The zero-order valence-corrected chi connectivity index (χ0v) is 21.1. The summed E-state index contributed by atoms with van der Waals surface area (Å²) in [6.07, 6.45) is 1.24. The van der Waals surface area contributed by atoms with E-state index in [0.717, 1.165) is 11.3 Å². The van der Waals surface area contributed by atoms with Crippen molar-refractivity contribution in [1.82, 2.24) is 9.21 Å². The van der Waals surface area contributed by atoms with Crippen LogP contribution in [0.15, 0.2) is 53.4 Å². The van der Waals surface area contributed by atoms with Gasteiger partial charge in [0.05, 0.1) is 9.77 Å². The molecule has 0 saturated carbocycles. The molecule has 0 bridgehead atoms. The average molecular weight is 493 g/mol. The first-order valence-corrected chi connectivity index (χ1v) is 13.7. The lowest BCUT2D eigenvalue weighted by Crippen LogP contribution is -2.53. The third kappa shape index (κ3) is 4.45. The summed E-state index contributed by atoms with van der Waals surface area (Å²) < 4.78 is 28.1.